The third-order valence-electron chi connectivity index (χ3n) is 4.97. The van der Waals surface area contributed by atoms with E-state index in [9.17, 15) is 4.79 Å². The van der Waals surface area contributed by atoms with Crippen LogP contribution in [0, 0.1) is 0 Å². The van der Waals surface area contributed by atoms with Crippen LogP contribution in [-0.2, 0) is 11.8 Å². The van der Waals surface area contributed by atoms with Crippen molar-refractivity contribution >= 4 is 53.1 Å². The maximum atomic E-state index is 12.1. The number of carbonyl (C=O) groups is 1. The molecule has 0 bridgehead atoms. The van der Waals surface area contributed by atoms with Gasteiger partial charge in [0.1, 0.15) is 0 Å². The number of rotatable bonds is 7. The van der Waals surface area contributed by atoms with Crippen LogP contribution in [-0.4, -0.2) is 52.7 Å². The van der Waals surface area contributed by atoms with E-state index in [2.05, 4.69) is 33.8 Å². The second kappa shape index (κ2) is 12.1. The monoisotopic (exact) mass is 544 g/mol. The van der Waals surface area contributed by atoms with Gasteiger partial charge >= 0.3 is 0 Å². The molecule has 2 aromatic rings. The number of aryl methyl sites for hydroxylation is 1. The van der Waals surface area contributed by atoms with E-state index in [1.54, 1.807) is 24.3 Å². The number of nitrogens with zero attached hydrogens (tertiary/aromatic N) is 4. The van der Waals surface area contributed by atoms with Crippen molar-refractivity contribution in [1.82, 2.24) is 20.0 Å². The van der Waals surface area contributed by atoms with Gasteiger partial charge in [0, 0.05) is 62.5 Å². The summed E-state index contributed by atoms with van der Waals surface area (Å²) in [5.41, 5.74) is 2.04. The molecule has 0 saturated carbocycles. The van der Waals surface area contributed by atoms with Gasteiger partial charge in [-0.3, -0.25) is 14.5 Å². The summed E-state index contributed by atoms with van der Waals surface area (Å²) >= 11 is 5.86. The molecule has 1 fully saturated rings. The van der Waals surface area contributed by atoms with Gasteiger partial charge in [-0.25, -0.2) is 0 Å². The molecule has 1 aliphatic rings. The zero-order valence-corrected chi connectivity index (χ0v) is 20.6. The zero-order valence-electron chi connectivity index (χ0n) is 17.5. The average Bonchev–Trinajstić information content (AvgIpc) is 3.35. The van der Waals surface area contributed by atoms with Crippen molar-refractivity contribution in [2.75, 3.05) is 31.5 Å². The standard InChI is InChI=1S/C21H29ClN6O.HI/c1-3-23-21(28-12-10-16(15-28)17-13-25-27(2)14-17)24-11-4-5-20(29)26-19-8-6-18(22)7-9-19;/h6-9,13-14,16H,3-5,10-12,15H2,1-2H3,(H,23,24)(H,26,29);1H. The van der Waals surface area contributed by atoms with Crippen LogP contribution in [0.3, 0.4) is 0 Å². The predicted octanol–water partition coefficient (Wildman–Crippen LogP) is 3.87. The molecular weight excluding hydrogens is 515 g/mol. The molecule has 1 amide bonds. The smallest absolute Gasteiger partial charge is 0.224 e. The first-order chi connectivity index (χ1) is 14.0. The lowest BCUT2D eigenvalue weighted by molar-refractivity contribution is -0.116. The number of carbonyl (C=O) groups excluding carboxylic acids is 1. The Balaban J connectivity index is 0.00000320. The highest BCUT2D eigenvalue weighted by atomic mass is 127. The summed E-state index contributed by atoms with van der Waals surface area (Å²) in [5, 5.41) is 11.2. The molecule has 0 spiro atoms. The van der Waals surface area contributed by atoms with Crippen molar-refractivity contribution in [3.63, 3.8) is 0 Å². The molecule has 1 aromatic heterocycles. The number of anilines is 1. The van der Waals surface area contributed by atoms with E-state index >= 15 is 0 Å². The molecule has 2 heterocycles. The minimum absolute atomic E-state index is 0. The van der Waals surface area contributed by atoms with E-state index in [1.165, 1.54) is 5.56 Å². The van der Waals surface area contributed by atoms with Crippen LogP contribution in [0.2, 0.25) is 5.02 Å². The van der Waals surface area contributed by atoms with E-state index in [-0.39, 0.29) is 29.9 Å². The van der Waals surface area contributed by atoms with Crippen molar-refractivity contribution in [1.29, 1.82) is 0 Å². The van der Waals surface area contributed by atoms with E-state index in [4.69, 9.17) is 16.6 Å². The first kappa shape index (κ1) is 24.5. The van der Waals surface area contributed by atoms with Crippen molar-refractivity contribution < 1.29 is 4.79 Å². The van der Waals surface area contributed by atoms with Crippen LogP contribution < -0.4 is 10.6 Å². The fraction of sp³-hybridized carbons (Fsp3) is 0.476. The van der Waals surface area contributed by atoms with Gasteiger partial charge in [0.15, 0.2) is 5.96 Å². The number of hydrogen-bond donors (Lipinski definition) is 2. The predicted molar refractivity (Wildman–Crippen MR) is 133 cm³/mol. The van der Waals surface area contributed by atoms with Crippen LogP contribution in [0.1, 0.15) is 37.7 Å². The Bertz CT molecular complexity index is 838. The van der Waals surface area contributed by atoms with E-state index < -0.39 is 0 Å². The quantitative estimate of drug-likeness (QED) is 0.240. The zero-order chi connectivity index (χ0) is 20.6. The van der Waals surface area contributed by atoms with Crippen LogP contribution in [0.15, 0.2) is 41.7 Å². The second-order valence-corrected chi connectivity index (χ2v) is 7.71. The molecule has 30 heavy (non-hydrogen) atoms. The summed E-state index contributed by atoms with van der Waals surface area (Å²) in [7, 11) is 1.95. The van der Waals surface area contributed by atoms with Crippen LogP contribution in [0.5, 0.6) is 0 Å². The topological polar surface area (TPSA) is 74.6 Å². The Labute approximate surface area is 200 Å². The molecule has 1 unspecified atom stereocenters. The van der Waals surface area contributed by atoms with E-state index in [0.717, 1.165) is 37.7 Å². The minimum atomic E-state index is -0.00895. The summed E-state index contributed by atoms with van der Waals surface area (Å²) < 4.78 is 1.85. The fourth-order valence-corrected chi connectivity index (χ4v) is 3.61. The van der Waals surface area contributed by atoms with Gasteiger partial charge in [-0.2, -0.15) is 5.10 Å². The van der Waals surface area contributed by atoms with Gasteiger partial charge in [0.05, 0.1) is 6.20 Å². The number of amides is 1. The minimum Gasteiger partial charge on any atom is -0.357 e. The molecule has 1 saturated heterocycles. The number of aliphatic imine (C=N–C) groups is 1. The molecule has 1 aromatic carbocycles. The third-order valence-corrected chi connectivity index (χ3v) is 5.22. The summed E-state index contributed by atoms with van der Waals surface area (Å²) in [4.78, 5) is 19.1. The summed E-state index contributed by atoms with van der Waals surface area (Å²) in [6, 6.07) is 7.12. The van der Waals surface area contributed by atoms with Crippen molar-refractivity contribution in [2.24, 2.45) is 12.0 Å². The summed E-state index contributed by atoms with van der Waals surface area (Å²) in [5.74, 6) is 1.40. The van der Waals surface area contributed by atoms with Crippen LogP contribution in [0.25, 0.3) is 0 Å². The third kappa shape index (κ3) is 7.16. The first-order valence-corrected chi connectivity index (χ1v) is 10.5. The van der Waals surface area contributed by atoms with Crippen LogP contribution in [0.4, 0.5) is 5.69 Å². The molecule has 3 rings (SSSR count). The summed E-state index contributed by atoms with van der Waals surface area (Å²) in [6.07, 6.45) is 6.28. The fourth-order valence-electron chi connectivity index (χ4n) is 3.48. The SMILES string of the molecule is CCNC(=NCCCC(=O)Nc1ccc(Cl)cc1)N1CCC(c2cnn(C)c2)C1.I. The van der Waals surface area contributed by atoms with Crippen molar-refractivity contribution in [3.05, 3.63) is 47.2 Å². The summed E-state index contributed by atoms with van der Waals surface area (Å²) in [6.45, 7) is 5.43. The van der Waals surface area contributed by atoms with Gasteiger partial charge in [0.2, 0.25) is 5.91 Å². The molecule has 1 atom stereocenters. The lowest BCUT2D eigenvalue weighted by Gasteiger charge is -2.21. The molecule has 7 nitrogen and oxygen atoms in total. The van der Waals surface area contributed by atoms with E-state index in [0.29, 0.717) is 30.3 Å². The second-order valence-electron chi connectivity index (χ2n) is 7.27. The Morgan fingerprint density at radius 2 is 2.10 bits per heavy atom. The number of aromatic nitrogens is 2. The lowest BCUT2D eigenvalue weighted by Crippen LogP contribution is -2.40. The van der Waals surface area contributed by atoms with Gasteiger partial charge < -0.3 is 15.5 Å². The molecule has 0 radical (unpaired) electrons. The normalized spacial score (nSPS) is 16.3. The highest BCUT2D eigenvalue weighted by Gasteiger charge is 2.26. The van der Waals surface area contributed by atoms with Gasteiger partial charge in [-0.1, -0.05) is 11.6 Å². The largest absolute Gasteiger partial charge is 0.357 e. The number of likely N-dealkylation sites (tertiary alicyclic amines) is 1. The Hall–Kier alpha value is -1.81. The molecule has 164 valence electrons. The number of guanidine groups is 1. The van der Waals surface area contributed by atoms with Crippen molar-refractivity contribution in [3.8, 4) is 0 Å². The number of hydrogen-bond acceptors (Lipinski definition) is 3. The molecule has 1 aliphatic heterocycles. The highest BCUT2D eigenvalue weighted by molar-refractivity contribution is 14.0. The maximum absolute atomic E-state index is 12.1. The average molecular weight is 545 g/mol. The van der Waals surface area contributed by atoms with Gasteiger partial charge in [-0.15, -0.1) is 24.0 Å². The Morgan fingerprint density at radius 1 is 1.33 bits per heavy atom. The maximum Gasteiger partial charge on any atom is 0.224 e. The van der Waals surface area contributed by atoms with Crippen LogP contribution >= 0.6 is 35.6 Å². The molecule has 2 N–H and O–H groups in total. The van der Waals surface area contributed by atoms with Gasteiger partial charge in [0.25, 0.3) is 0 Å². The lowest BCUT2D eigenvalue weighted by atomic mass is 10.0. The number of benzene rings is 1. The Kier molecular flexibility index (Phi) is 9.90. The number of nitrogens with one attached hydrogen (secondary N) is 2. The van der Waals surface area contributed by atoms with Crippen molar-refractivity contribution in [2.45, 2.75) is 32.1 Å². The number of halogens is 2. The molecule has 0 aliphatic carbocycles. The molecular formula is C21H30ClIN6O. The highest BCUT2D eigenvalue weighted by Crippen LogP contribution is 2.26. The van der Waals surface area contributed by atoms with Gasteiger partial charge in [-0.05, 0) is 49.6 Å². The Morgan fingerprint density at radius 3 is 2.77 bits per heavy atom. The molecule has 9 heteroatoms. The van der Waals surface area contributed by atoms with E-state index in [1.807, 2.05) is 17.9 Å². The first-order valence-electron chi connectivity index (χ1n) is 10.1.